The van der Waals surface area contributed by atoms with Crippen LogP contribution in [0.4, 0.5) is 5.69 Å². The normalized spacial score (nSPS) is 11.6. The van der Waals surface area contributed by atoms with Gasteiger partial charge in [0.05, 0.1) is 17.3 Å². The van der Waals surface area contributed by atoms with Gasteiger partial charge in [-0.25, -0.2) is 0 Å². The van der Waals surface area contributed by atoms with E-state index < -0.39 is 10.0 Å². The van der Waals surface area contributed by atoms with Gasteiger partial charge in [0.25, 0.3) is 10.0 Å². The highest BCUT2D eigenvalue weighted by atomic mass is 35.5. The molecule has 0 amide bonds. The van der Waals surface area contributed by atoms with Crippen LogP contribution >= 0.6 is 11.6 Å². The van der Waals surface area contributed by atoms with Gasteiger partial charge in [0.15, 0.2) is 0 Å². The van der Waals surface area contributed by atoms with Gasteiger partial charge in [-0.15, -0.1) is 0 Å². The predicted octanol–water partition coefficient (Wildman–Crippen LogP) is 3.15. The molecule has 2 N–H and O–H groups in total. The molecule has 5 nitrogen and oxygen atoms in total. The van der Waals surface area contributed by atoms with E-state index in [1.165, 1.54) is 6.07 Å². The summed E-state index contributed by atoms with van der Waals surface area (Å²) < 4.78 is 32.4. The average Bonchev–Trinajstić information content (AvgIpc) is 2.90. The van der Waals surface area contributed by atoms with Gasteiger partial charge < -0.3 is 9.73 Å². The summed E-state index contributed by atoms with van der Waals surface area (Å²) in [6.07, 6.45) is 0. The standard InChI is InChI=1S/C14H17ClN2O3S/c1-3-16-9-11-7-8-13(20-11)21(18,19)17-14-10(2)5-4-6-12(14)15/h4-8,16-17H,3,9H2,1-2H3. The maximum atomic E-state index is 12.3. The summed E-state index contributed by atoms with van der Waals surface area (Å²) in [6, 6.07) is 8.24. The van der Waals surface area contributed by atoms with Gasteiger partial charge in [-0.2, -0.15) is 8.42 Å². The van der Waals surface area contributed by atoms with Crippen LogP contribution in [0.1, 0.15) is 18.2 Å². The first-order valence-corrected chi connectivity index (χ1v) is 8.37. The van der Waals surface area contributed by atoms with Crippen molar-refractivity contribution < 1.29 is 12.8 Å². The first-order valence-electron chi connectivity index (χ1n) is 6.51. The Morgan fingerprint density at radius 1 is 1.24 bits per heavy atom. The van der Waals surface area contributed by atoms with Crippen LogP contribution in [0.2, 0.25) is 5.02 Å². The van der Waals surface area contributed by atoms with Crippen LogP contribution in [0, 0.1) is 6.92 Å². The average molecular weight is 329 g/mol. The van der Waals surface area contributed by atoms with Crippen molar-refractivity contribution in [1.82, 2.24) is 5.32 Å². The first kappa shape index (κ1) is 15.9. The van der Waals surface area contributed by atoms with Crippen LogP contribution in [-0.2, 0) is 16.6 Å². The lowest BCUT2D eigenvalue weighted by molar-refractivity contribution is 0.405. The van der Waals surface area contributed by atoms with E-state index in [0.717, 1.165) is 12.1 Å². The number of nitrogens with one attached hydrogen (secondary N) is 2. The van der Waals surface area contributed by atoms with Crippen molar-refractivity contribution in [3.63, 3.8) is 0 Å². The van der Waals surface area contributed by atoms with Gasteiger partial charge in [-0.1, -0.05) is 30.7 Å². The van der Waals surface area contributed by atoms with Crippen molar-refractivity contribution in [2.75, 3.05) is 11.3 Å². The van der Waals surface area contributed by atoms with E-state index >= 15 is 0 Å². The van der Waals surface area contributed by atoms with Crippen LogP contribution in [0.5, 0.6) is 0 Å². The third kappa shape index (κ3) is 3.78. The molecule has 7 heteroatoms. The highest BCUT2D eigenvalue weighted by Crippen LogP contribution is 2.28. The monoisotopic (exact) mass is 328 g/mol. The zero-order valence-corrected chi connectivity index (χ0v) is 13.4. The van der Waals surface area contributed by atoms with Crippen molar-refractivity contribution in [2.24, 2.45) is 0 Å². The Bertz CT molecular complexity index is 705. The minimum Gasteiger partial charge on any atom is -0.446 e. The molecule has 2 aromatic rings. The fraction of sp³-hybridized carbons (Fsp3) is 0.286. The Hall–Kier alpha value is -1.50. The number of aryl methyl sites for hydroxylation is 1. The molecule has 0 saturated carbocycles. The highest BCUT2D eigenvalue weighted by Gasteiger charge is 2.20. The second-order valence-electron chi connectivity index (χ2n) is 4.54. The van der Waals surface area contributed by atoms with Gasteiger partial charge in [-0.3, -0.25) is 4.72 Å². The summed E-state index contributed by atoms with van der Waals surface area (Å²) in [6.45, 7) is 5.00. The second-order valence-corrected chi connectivity index (χ2v) is 6.56. The molecule has 0 saturated heterocycles. The minimum atomic E-state index is -3.79. The summed E-state index contributed by atoms with van der Waals surface area (Å²) in [5, 5.41) is 3.28. The fourth-order valence-corrected chi connectivity index (χ4v) is 3.22. The van der Waals surface area contributed by atoms with Crippen LogP contribution in [0.15, 0.2) is 39.8 Å². The molecule has 0 spiro atoms. The third-order valence-corrected chi connectivity index (χ3v) is 4.45. The Morgan fingerprint density at radius 2 is 2.00 bits per heavy atom. The number of rotatable bonds is 6. The van der Waals surface area contributed by atoms with Crippen molar-refractivity contribution in [2.45, 2.75) is 25.5 Å². The summed E-state index contributed by atoms with van der Waals surface area (Å²) in [5.74, 6) is 0.563. The van der Waals surface area contributed by atoms with Crippen LogP contribution in [0.25, 0.3) is 0 Å². The number of benzene rings is 1. The quantitative estimate of drug-likeness (QED) is 0.854. The summed E-state index contributed by atoms with van der Waals surface area (Å²) in [4.78, 5) is 0. The molecule has 0 fully saturated rings. The zero-order chi connectivity index (χ0) is 15.5. The number of halogens is 1. The van der Waals surface area contributed by atoms with Crippen molar-refractivity contribution >= 4 is 27.3 Å². The van der Waals surface area contributed by atoms with Crippen molar-refractivity contribution in [3.05, 3.63) is 46.7 Å². The van der Waals surface area contributed by atoms with E-state index in [0.29, 0.717) is 23.0 Å². The Balaban J connectivity index is 2.24. The smallest absolute Gasteiger partial charge is 0.295 e. The molecular weight excluding hydrogens is 312 g/mol. The van der Waals surface area contributed by atoms with Crippen LogP contribution in [0.3, 0.4) is 0 Å². The molecule has 0 bridgehead atoms. The summed E-state index contributed by atoms with van der Waals surface area (Å²) in [5.41, 5.74) is 1.11. The molecule has 0 aliphatic heterocycles. The molecule has 1 aromatic carbocycles. The van der Waals surface area contributed by atoms with Crippen LogP contribution in [-0.4, -0.2) is 15.0 Å². The topological polar surface area (TPSA) is 71.3 Å². The molecular formula is C14H17ClN2O3S. The molecule has 0 aliphatic rings. The molecule has 21 heavy (non-hydrogen) atoms. The Labute approximate surface area is 129 Å². The van der Waals surface area contributed by atoms with Crippen LogP contribution < -0.4 is 10.0 Å². The molecule has 1 heterocycles. The minimum absolute atomic E-state index is 0.130. The first-order chi connectivity index (χ1) is 9.94. The van der Waals surface area contributed by atoms with E-state index in [4.69, 9.17) is 16.0 Å². The third-order valence-electron chi connectivity index (χ3n) is 2.91. The Morgan fingerprint density at radius 3 is 2.67 bits per heavy atom. The SMILES string of the molecule is CCNCc1ccc(S(=O)(=O)Nc2c(C)cccc2Cl)o1. The van der Waals surface area contributed by atoms with Gasteiger partial charge in [-0.05, 0) is 37.2 Å². The number of furan rings is 1. The number of para-hydroxylation sites is 1. The van der Waals surface area contributed by atoms with E-state index in [1.807, 2.05) is 6.92 Å². The lowest BCUT2D eigenvalue weighted by Crippen LogP contribution is -2.14. The van der Waals surface area contributed by atoms with E-state index in [1.54, 1.807) is 31.2 Å². The predicted molar refractivity (Wildman–Crippen MR) is 83.1 cm³/mol. The van der Waals surface area contributed by atoms with Crippen molar-refractivity contribution in [1.29, 1.82) is 0 Å². The molecule has 2 rings (SSSR count). The number of sulfonamides is 1. The maximum Gasteiger partial charge on any atom is 0.295 e. The summed E-state index contributed by atoms with van der Waals surface area (Å²) in [7, 11) is -3.79. The molecule has 0 atom stereocenters. The largest absolute Gasteiger partial charge is 0.446 e. The van der Waals surface area contributed by atoms with Gasteiger partial charge in [0, 0.05) is 0 Å². The van der Waals surface area contributed by atoms with E-state index in [-0.39, 0.29) is 5.09 Å². The molecule has 0 unspecified atom stereocenters. The zero-order valence-electron chi connectivity index (χ0n) is 11.8. The van der Waals surface area contributed by atoms with Crippen molar-refractivity contribution in [3.8, 4) is 0 Å². The molecule has 1 aromatic heterocycles. The highest BCUT2D eigenvalue weighted by molar-refractivity contribution is 7.92. The summed E-state index contributed by atoms with van der Waals surface area (Å²) >= 11 is 6.03. The molecule has 0 radical (unpaired) electrons. The number of anilines is 1. The lowest BCUT2D eigenvalue weighted by atomic mass is 10.2. The fourth-order valence-electron chi connectivity index (χ4n) is 1.79. The number of hydrogen-bond acceptors (Lipinski definition) is 4. The van der Waals surface area contributed by atoms with E-state index in [2.05, 4.69) is 10.0 Å². The molecule has 114 valence electrons. The van der Waals surface area contributed by atoms with Gasteiger partial charge >= 0.3 is 0 Å². The lowest BCUT2D eigenvalue weighted by Gasteiger charge is -2.10. The van der Waals surface area contributed by atoms with Gasteiger partial charge in [0.1, 0.15) is 5.76 Å². The van der Waals surface area contributed by atoms with Gasteiger partial charge in [0.2, 0.25) is 5.09 Å². The second kappa shape index (κ2) is 6.51. The molecule has 0 aliphatic carbocycles. The maximum absolute atomic E-state index is 12.3. The number of hydrogen-bond donors (Lipinski definition) is 2. The Kier molecular flexibility index (Phi) is 4.92. The van der Waals surface area contributed by atoms with E-state index in [9.17, 15) is 8.42 Å².